The van der Waals surface area contributed by atoms with Crippen molar-refractivity contribution in [1.82, 2.24) is 10.2 Å². The van der Waals surface area contributed by atoms with Crippen molar-refractivity contribution in [3.05, 3.63) is 35.4 Å². The zero-order valence-corrected chi connectivity index (χ0v) is 13.4. The lowest BCUT2D eigenvalue weighted by Gasteiger charge is -2.22. The van der Waals surface area contributed by atoms with Gasteiger partial charge in [0.25, 0.3) is 5.91 Å². The SMILES string of the molecule is CCCCN(CCOC)C(=O)CNC(=O)c1cc(F)cc(F)c1. The Kier molecular flexibility index (Phi) is 8.18. The second-order valence-corrected chi connectivity index (χ2v) is 5.07. The van der Waals surface area contributed by atoms with E-state index in [1.54, 1.807) is 12.0 Å². The van der Waals surface area contributed by atoms with Crippen molar-refractivity contribution >= 4 is 11.8 Å². The molecule has 1 aromatic rings. The zero-order valence-electron chi connectivity index (χ0n) is 13.4. The molecule has 0 aliphatic rings. The average Bonchev–Trinajstić information content (AvgIpc) is 2.51. The average molecular weight is 328 g/mol. The molecule has 0 saturated heterocycles. The number of hydrogen-bond acceptors (Lipinski definition) is 3. The number of hydrogen-bond donors (Lipinski definition) is 1. The fraction of sp³-hybridized carbons (Fsp3) is 0.500. The number of amides is 2. The highest BCUT2D eigenvalue weighted by molar-refractivity contribution is 5.96. The lowest BCUT2D eigenvalue weighted by Crippen LogP contribution is -2.42. The molecule has 1 N–H and O–H groups in total. The molecule has 0 aliphatic carbocycles. The number of ether oxygens (including phenoxy) is 1. The number of carbonyl (C=O) groups is 2. The Morgan fingerprint density at radius 1 is 1.17 bits per heavy atom. The van der Waals surface area contributed by atoms with Crippen molar-refractivity contribution in [3.63, 3.8) is 0 Å². The number of nitrogens with one attached hydrogen (secondary N) is 1. The fourth-order valence-electron chi connectivity index (χ4n) is 1.97. The third-order valence-electron chi connectivity index (χ3n) is 3.22. The molecule has 7 heteroatoms. The first-order valence-corrected chi connectivity index (χ1v) is 7.49. The second-order valence-electron chi connectivity index (χ2n) is 5.07. The van der Waals surface area contributed by atoms with E-state index in [1.165, 1.54) is 0 Å². The van der Waals surface area contributed by atoms with Crippen LogP contribution in [0.15, 0.2) is 18.2 Å². The summed E-state index contributed by atoms with van der Waals surface area (Å²) < 4.78 is 31.1. The molecule has 0 heterocycles. The number of methoxy groups -OCH3 is 1. The summed E-state index contributed by atoms with van der Waals surface area (Å²) in [5, 5.41) is 2.38. The third kappa shape index (κ3) is 6.73. The van der Waals surface area contributed by atoms with Gasteiger partial charge in [0, 0.05) is 31.8 Å². The van der Waals surface area contributed by atoms with Crippen molar-refractivity contribution in [2.24, 2.45) is 0 Å². The summed E-state index contributed by atoms with van der Waals surface area (Å²) in [5.41, 5.74) is -0.160. The molecule has 0 aliphatic heterocycles. The van der Waals surface area contributed by atoms with Gasteiger partial charge in [0.2, 0.25) is 5.91 Å². The molecule has 1 aromatic carbocycles. The van der Waals surface area contributed by atoms with Crippen LogP contribution >= 0.6 is 0 Å². The van der Waals surface area contributed by atoms with Gasteiger partial charge in [-0.1, -0.05) is 13.3 Å². The Morgan fingerprint density at radius 2 is 1.83 bits per heavy atom. The summed E-state index contributed by atoms with van der Waals surface area (Å²) in [6.07, 6.45) is 1.78. The Labute approximate surface area is 134 Å². The molecule has 1 rings (SSSR count). The van der Waals surface area contributed by atoms with Crippen molar-refractivity contribution in [3.8, 4) is 0 Å². The number of rotatable bonds is 9. The minimum absolute atomic E-state index is 0.160. The van der Waals surface area contributed by atoms with E-state index in [-0.39, 0.29) is 18.0 Å². The lowest BCUT2D eigenvalue weighted by molar-refractivity contribution is -0.130. The van der Waals surface area contributed by atoms with E-state index in [4.69, 9.17) is 4.74 Å². The molecule has 0 saturated carbocycles. The monoisotopic (exact) mass is 328 g/mol. The van der Waals surface area contributed by atoms with Gasteiger partial charge in [0.05, 0.1) is 13.2 Å². The van der Waals surface area contributed by atoms with E-state index < -0.39 is 17.5 Å². The maximum absolute atomic E-state index is 13.1. The van der Waals surface area contributed by atoms with Gasteiger partial charge < -0.3 is 15.0 Å². The molecule has 0 atom stereocenters. The Hall–Kier alpha value is -2.02. The van der Waals surface area contributed by atoms with Crippen LogP contribution in [-0.4, -0.2) is 50.1 Å². The summed E-state index contributed by atoms with van der Waals surface area (Å²) >= 11 is 0. The molecule has 0 aromatic heterocycles. The molecule has 0 spiro atoms. The largest absolute Gasteiger partial charge is 0.383 e. The van der Waals surface area contributed by atoms with Crippen LogP contribution < -0.4 is 5.32 Å². The van der Waals surface area contributed by atoms with Gasteiger partial charge in [0.15, 0.2) is 0 Å². The van der Waals surface area contributed by atoms with Crippen molar-refractivity contribution in [1.29, 1.82) is 0 Å². The first-order chi connectivity index (χ1) is 11.0. The van der Waals surface area contributed by atoms with Crippen LogP contribution in [0.25, 0.3) is 0 Å². The van der Waals surface area contributed by atoms with E-state index in [0.717, 1.165) is 25.0 Å². The molecule has 128 valence electrons. The second kappa shape index (κ2) is 9.89. The van der Waals surface area contributed by atoms with Crippen LogP contribution in [0.1, 0.15) is 30.1 Å². The van der Waals surface area contributed by atoms with E-state index in [1.807, 2.05) is 6.92 Å². The molecule has 0 fully saturated rings. The Morgan fingerprint density at radius 3 is 2.39 bits per heavy atom. The van der Waals surface area contributed by atoms with Crippen LogP contribution in [0, 0.1) is 11.6 Å². The molecule has 5 nitrogen and oxygen atoms in total. The minimum atomic E-state index is -0.842. The van der Waals surface area contributed by atoms with Crippen LogP contribution in [0.2, 0.25) is 0 Å². The fourth-order valence-corrected chi connectivity index (χ4v) is 1.97. The normalized spacial score (nSPS) is 10.4. The maximum atomic E-state index is 13.1. The van der Waals surface area contributed by atoms with Crippen LogP contribution in [-0.2, 0) is 9.53 Å². The maximum Gasteiger partial charge on any atom is 0.251 e. The molecule has 0 bridgehead atoms. The predicted octanol–water partition coefficient (Wildman–Crippen LogP) is 1.97. The quantitative estimate of drug-likeness (QED) is 0.754. The van der Waals surface area contributed by atoms with Gasteiger partial charge in [-0.05, 0) is 18.6 Å². The molecular formula is C16H22F2N2O3. The Balaban J connectivity index is 2.59. The van der Waals surface area contributed by atoms with Crippen molar-refractivity contribution in [2.45, 2.75) is 19.8 Å². The number of unbranched alkanes of at least 4 members (excludes halogenated alkanes) is 1. The van der Waals surface area contributed by atoms with E-state index in [0.29, 0.717) is 25.8 Å². The predicted molar refractivity (Wildman–Crippen MR) is 82.1 cm³/mol. The smallest absolute Gasteiger partial charge is 0.251 e. The van der Waals surface area contributed by atoms with Crippen molar-refractivity contribution < 1.29 is 23.1 Å². The molecule has 23 heavy (non-hydrogen) atoms. The third-order valence-corrected chi connectivity index (χ3v) is 3.22. The highest BCUT2D eigenvalue weighted by Crippen LogP contribution is 2.07. The van der Waals surface area contributed by atoms with E-state index in [9.17, 15) is 18.4 Å². The first-order valence-electron chi connectivity index (χ1n) is 7.49. The molecule has 0 unspecified atom stereocenters. The molecule has 2 amide bonds. The highest BCUT2D eigenvalue weighted by Gasteiger charge is 2.15. The standard InChI is InChI=1S/C16H22F2N2O3/c1-3-4-5-20(6-7-23-2)15(21)11-19-16(22)12-8-13(17)10-14(18)9-12/h8-10H,3-7,11H2,1-2H3,(H,19,22). The lowest BCUT2D eigenvalue weighted by atomic mass is 10.2. The highest BCUT2D eigenvalue weighted by atomic mass is 19.1. The summed E-state index contributed by atoms with van der Waals surface area (Å²) in [7, 11) is 1.54. The minimum Gasteiger partial charge on any atom is -0.383 e. The van der Waals surface area contributed by atoms with Gasteiger partial charge >= 0.3 is 0 Å². The van der Waals surface area contributed by atoms with Crippen LogP contribution in [0.3, 0.4) is 0 Å². The van der Waals surface area contributed by atoms with Crippen LogP contribution in [0.4, 0.5) is 8.78 Å². The van der Waals surface area contributed by atoms with Gasteiger partial charge in [-0.2, -0.15) is 0 Å². The Bertz CT molecular complexity index is 510. The van der Waals surface area contributed by atoms with E-state index >= 15 is 0 Å². The first kappa shape index (κ1) is 19.0. The number of halogens is 2. The number of benzene rings is 1. The van der Waals surface area contributed by atoms with Gasteiger partial charge in [-0.25, -0.2) is 8.78 Å². The van der Waals surface area contributed by atoms with Gasteiger partial charge in [0.1, 0.15) is 11.6 Å². The van der Waals surface area contributed by atoms with Gasteiger partial charge in [-0.3, -0.25) is 9.59 Å². The number of carbonyl (C=O) groups excluding carboxylic acids is 2. The summed E-state index contributed by atoms with van der Waals surface area (Å²) in [6, 6.07) is 2.52. The summed E-state index contributed by atoms with van der Waals surface area (Å²) in [4.78, 5) is 25.6. The van der Waals surface area contributed by atoms with Crippen molar-refractivity contribution in [2.75, 3.05) is 33.4 Å². The molecule has 0 radical (unpaired) electrons. The zero-order chi connectivity index (χ0) is 17.2. The molecular weight excluding hydrogens is 306 g/mol. The number of nitrogens with zero attached hydrogens (tertiary/aromatic N) is 1. The topological polar surface area (TPSA) is 58.6 Å². The van der Waals surface area contributed by atoms with Crippen LogP contribution in [0.5, 0.6) is 0 Å². The summed E-state index contributed by atoms with van der Waals surface area (Å²) in [5.74, 6) is -2.64. The van der Waals surface area contributed by atoms with E-state index in [2.05, 4.69) is 5.32 Å². The summed E-state index contributed by atoms with van der Waals surface area (Å²) in [6.45, 7) is 3.19. The van der Waals surface area contributed by atoms with Gasteiger partial charge in [-0.15, -0.1) is 0 Å².